The van der Waals surface area contributed by atoms with Crippen molar-refractivity contribution in [3.05, 3.63) is 24.3 Å². The number of hydrogen-bond acceptors (Lipinski definition) is 4. The first-order valence-electron chi connectivity index (χ1n) is 5.46. The van der Waals surface area contributed by atoms with E-state index in [0.29, 0.717) is 13.2 Å². The number of nitrogens with two attached hydrogens (primary N) is 2. The fraction of sp³-hybridized carbons (Fsp3) is 0.300. The third-order valence-electron chi connectivity index (χ3n) is 2.10. The lowest BCUT2D eigenvalue weighted by molar-refractivity contribution is -0.470. The second kappa shape index (κ2) is 6.93. The average molecular weight is 306 g/mol. The zero-order valence-corrected chi connectivity index (χ0v) is 11.2. The molecule has 1 heterocycles. The van der Waals surface area contributed by atoms with Crippen LogP contribution in [0.1, 0.15) is 0 Å². The molecule has 0 spiro atoms. The zero-order valence-electron chi connectivity index (χ0n) is 10.4. The Morgan fingerprint density at radius 2 is 1.85 bits per heavy atom. The van der Waals surface area contributed by atoms with Gasteiger partial charge in [0.1, 0.15) is 13.2 Å². The molecule has 0 fully saturated rings. The molecule has 1 aliphatic heterocycles. The van der Waals surface area contributed by atoms with Crippen molar-refractivity contribution in [3.8, 4) is 11.5 Å². The van der Waals surface area contributed by atoms with E-state index in [9.17, 15) is 0 Å². The lowest BCUT2D eigenvalue weighted by Crippen LogP contribution is -2.81. The molecule has 1 aromatic carbocycles. The first-order valence-corrected chi connectivity index (χ1v) is 6.85. The zero-order chi connectivity index (χ0) is 15.2. The molecule has 20 heavy (non-hydrogen) atoms. The van der Waals surface area contributed by atoms with Crippen LogP contribution < -0.4 is 25.9 Å². The van der Waals surface area contributed by atoms with Crippen molar-refractivity contribution >= 4 is 16.4 Å². The summed E-state index contributed by atoms with van der Waals surface area (Å²) in [5, 5.41) is 0. The van der Waals surface area contributed by atoms with Gasteiger partial charge in [-0.3, -0.25) is 25.6 Å². The van der Waals surface area contributed by atoms with Crippen LogP contribution in [0.2, 0.25) is 0 Å². The Morgan fingerprint density at radius 3 is 2.40 bits per heavy atom. The SMILES string of the molecule is NC(N)=[NH+]CC1COc2ccccc2O1.O=S(=O)(O)O. The molecule has 112 valence electrons. The number of para-hydroxylation sites is 2. The van der Waals surface area contributed by atoms with Crippen molar-refractivity contribution in [1.29, 1.82) is 0 Å². The maximum Gasteiger partial charge on any atom is 0.394 e. The third-order valence-corrected chi connectivity index (χ3v) is 2.10. The highest BCUT2D eigenvalue weighted by atomic mass is 32.3. The van der Waals surface area contributed by atoms with Crippen LogP contribution in [0.15, 0.2) is 24.3 Å². The maximum absolute atomic E-state index is 8.74. The molecule has 1 aliphatic rings. The molecule has 2 rings (SSSR count). The highest BCUT2D eigenvalue weighted by Gasteiger charge is 2.20. The Labute approximate surface area is 115 Å². The summed E-state index contributed by atoms with van der Waals surface area (Å²) in [6.45, 7) is 1.04. The minimum atomic E-state index is -4.67. The van der Waals surface area contributed by atoms with E-state index in [-0.39, 0.29) is 12.1 Å². The lowest BCUT2D eigenvalue weighted by Gasteiger charge is -2.24. The predicted octanol–water partition coefficient (Wildman–Crippen LogP) is -2.47. The second-order valence-electron chi connectivity index (χ2n) is 3.78. The van der Waals surface area contributed by atoms with Gasteiger partial charge in [-0.1, -0.05) is 12.1 Å². The van der Waals surface area contributed by atoms with Gasteiger partial charge in [0.25, 0.3) is 0 Å². The molecule has 1 unspecified atom stereocenters. The van der Waals surface area contributed by atoms with E-state index >= 15 is 0 Å². The fourth-order valence-corrected chi connectivity index (χ4v) is 1.40. The topological polar surface area (TPSA) is 159 Å². The number of guanidine groups is 1. The Bertz CT molecular complexity index is 562. The normalized spacial score (nSPS) is 16.6. The van der Waals surface area contributed by atoms with Gasteiger partial charge in [-0.25, -0.2) is 0 Å². The summed E-state index contributed by atoms with van der Waals surface area (Å²) >= 11 is 0. The van der Waals surface area contributed by atoms with Gasteiger partial charge in [0.15, 0.2) is 17.6 Å². The quantitative estimate of drug-likeness (QED) is 0.228. The molecule has 0 bridgehead atoms. The average Bonchev–Trinajstić information content (AvgIpc) is 2.34. The van der Waals surface area contributed by atoms with E-state index in [1.165, 1.54) is 0 Å². The van der Waals surface area contributed by atoms with Gasteiger partial charge >= 0.3 is 16.4 Å². The molecule has 9 nitrogen and oxygen atoms in total. The molecular weight excluding hydrogens is 290 g/mol. The largest absolute Gasteiger partial charge is 0.486 e. The van der Waals surface area contributed by atoms with Crippen LogP contribution in [-0.4, -0.2) is 42.7 Å². The van der Waals surface area contributed by atoms with Crippen LogP contribution >= 0.6 is 0 Å². The smallest absolute Gasteiger partial charge is 0.394 e. The number of hydrogen-bond donors (Lipinski definition) is 5. The first-order chi connectivity index (χ1) is 9.25. The Kier molecular flexibility index (Phi) is 5.55. The van der Waals surface area contributed by atoms with Crippen molar-refractivity contribution in [3.63, 3.8) is 0 Å². The van der Waals surface area contributed by atoms with E-state index < -0.39 is 10.4 Å². The number of nitrogens with one attached hydrogen (secondary N) is 1. The predicted molar refractivity (Wildman–Crippen MR) is 69.7 cm³/mol. The Morgan fingerprint density at radius 1 is 1.30 bits per heavy atom. The number of benzene rings is 1. The minimum Gasteiger partial charge on any atom is -0.486 e. The van der Waals surface area contributed by atoms with Gasteiger partial charge < -0.3 is 9.47 Å². The lowest BCUT2D eigenvalue weighted by atomic mass is 10.2. The standard InChI is InChI=1S/C10H13N3O2.H2O4S/c11-10(12)13-5-7-6-14-8-3-1-2-4-9(8)15-7;1-5(2,3)4/h1-4,7H,5-6H2,(H4,11,12,13);(H2,1,2,3,4)/p+1. The van der Waals surface area contributed by atoms with Crippen LogP contribution in [0.25, 0.3) is 0 Å². The van der Waals surface area contributed by atoms with Gasteiger partial charge in [0.2, 0.25) is 0 Å². The molecule has 0 radical (unpaired) electrons. The molecule has 0 saturated carbocycles. The van der Waals surface area contributed by atoms with E-state index in [2.05, 4.69) is 4.99 Å². The van der Waals surface area contributed by atoms with Crippen LogP contribution in [0.3, 0.4) is 0 Å². The van der Waals surface area contributed by atoms with Crippen molar-refractivity contribution in [2.24, 2.45) is 11.5 Å². The summed E-state index contributed by atoms with van der Waals surface area (Å²) in [6.07, 6.45) is -0.0676. The van der Waals surface area contributed by atoms with Crippen LogP contribution in [0.5, 0.6) is 11.5 Å². The monoisotopic (exact) mass is 306 g/mol. The summed E-state index contributed by atoms with van der Waals surface area (Å²) in [7, 11) is -4.67. The van der Waals surface area contributed by atoms with Crippen molar-refractivity contribution in [2.45, 2.75) is 6.10 Å². The number of rotatable bonds is 2. The minimum absolute atomic E-state index is 0.0676. The summed E-state index contributed by atoms with van der Waals surface area (Å²) in [6, 6.07) is 7.56. The van der Waals surface area contributed by atoms with E-state index in [0.717, 1.165) is 11.5 Å². The number of ether oxygens (including phenoxy) is 2. The van der Waals surface area contributed by atoms with E-state index in [1.807, 2.05) is 24.3 Å². The molecule has 1 atom stereocenters. The van der Waals surface area contributed by atoms with Crippen molar-refractivity contribution in [2.75, 3.05) is 13.2 Å². The van der Waals surface area contributed by atoms with Gasteiger partial charge in [-0.05, 0) is 12.1 Å². The summed E-state index contributed by atoms with van der Waals surface area (Å²) in [5.41, 5.74) is 10.6. The third kappa shape index (κ3) is 6.78. The summed E-state index contributed by atoms with van der Waals surface area (Å²) in [5.74, 6) is 1.72. The molecule has 7 N–H and O–H groups in total. The molecule has 0 aromatic heterocycles. The van der Waals surface area contributed by atoms with Gasteiger partial charge in [-0.2, -0.15) is 8.42 Å². The fourth-order valence-electron chi connectivity index (χ4n) is 1.40. The maximum atomic E-state index is 8.74. The molecule has 10 heteroatoms. The summed E-state index contributed by atoms with van der Waals surface area (Å²) < 4.78 is 42.8. The van der Waals surface area contributed by atoms with Gasteiger partial charge in [0.05, 0.1) is 0 Å². The van der Waals surface area contributed by atoms with Gasteiger partial charge in [0, 0.05) is 0 Å². The summed E-state index contributed by atoms with van der Waals surface area (Å²) in [4.78, 5) is 2.81. The van der Waals surface area contributed by atoms with E-state index in [1.54, 1.807) is 0 Å². The first kappa shape index (κ1) is 16.0. The molecule has 1 aromatic rings. The van der Waals surface area contributed by atoms with E-state index in [4.69, 9.17) is 38.5 Å². The van der Waals surface area contributed by atoms with Crippen LogP contribution in [-0.2, 0) is 10.4 Å². The van der Waals surface area contributed by atoms with Gasteiger partial charge in [-0.15, -0.1) is 0 Å². The highest BCUT2D eigenvalue weighted by Crippen LogP contribution is 2.30. The highest BCUT2D eigenvalue weighted by molar-refractivity contribution is 7.79. The molecule has 0 amide bonds. The Hall–Kier alpha value is -2.04. The molecule has 0 saturated heterocycles. The molecular formula is C10H16N3O6S+. The molecule has 0 aliphatic carbocycles. The Balaban J connectivity index is 0.000000347. The number of fused-ring (bicyclic) bond motifs is 1. The van der Waals surface area contributed by atoms with Crippen molar-refractivity contribution < 1.29 is 32.0 Å². The second-order valence-corrected chi connectivity index (χ2v) is 4.68. The van der Waals surface area contributed by atoms with Crippen LogP contribution in [0.4, 0.5) is 0 Å². The van der Waals surface area contributed by atoms with Crippen molar-refractivity contribution in [1.82, 2.24) is 0 Å². The van der Waals surface area contributed by atoms with Crippen LogP contribution in [0, 0.1) is 0 Å².